The quantitative estimate of drug-likeness (QED) is 0.428. The maximum absolute atomic E-state index is 12.7. The van der Waals surface area contributed by atoms with Crippen molar-refractivity contribution in [2.75, 3.05) is 24.5 Å². The fourth-order valence-electron chi connectivity index (χ4n) is 4.18. The summed E-state index contributed by atoms with van der Waals surface area (Å²) in [6.07, 6.45) is 4.91. The molecule has 0 bridgehead atoms. The van der Waals surface area contributed by atoms with Crippen LogP contribution in [0.2, 0.25) is 0 Å². The first-order valence-electron chi connectivity index (χ1n) is 11.1. The van der Waals surface area contributed by atoms with Crippen LogP contribution in [0, 0.1) is 5.92 Å². The van der Waals surface area contributed by atoms with Gasteiger partial charge in [-0.05, 0) is 59.5 Å². The average Bonchev–Trinajstić information content (AvgIpc) is 2.84. The molecule has 1 amide bonds. The standard InChI is InChI=1S/C25H27BrN4O3/c26-21-4-3-19-13-17(1-2-20(19)14-21)15-28-16-23(25(32)33)29-24(31)18-7-11-30(12-8-18)22-5-9-27-10-6-22/h1-6,9-10,13-14,18,23,28H,7-8,11-12,15-16H2,(H,29,31)(H,32,33). The number of hydrogen-bond acceptors (Lipinski definition) is 5. The van der Waals surface area contributed by atoms with Crippen molar-refractivity contribution in [3.8, 4) is 0 Å². The van der Waals surface area contributed by atoms with Crippen molar-refractivity contribution in [2.24, 2.45) is 5.92 Å². The van der Waals surface area contributed by atoms with E-state index >= 15 is 0 Å². The third-order valence-electron chi connectivity index (χ3n) is 6.05. The van der Waals surface area contributed by atoms with E-state index in [9.17, 15) is 14.7 Å². The highest BCUT2D eigenvalue weighted by atomic mass is 79.9. The highest BCUT2D eigenvalue weighted by Crippen LogP contribution is 2.23. The number of nitrogens with one attached hydrogen (secondary N) is 2. The van der Waals surface area contributed by atoms with Crippen LogP contribution >= 0.6 is 15.9 Å². The molecule has 2 aromatic carbocycles. The van der Waals surface area contributed by atoms with Crippen LogP contribution in [0.3, 0.4) is 0 Å². The van der Waals surface area contributed by atoms with Crippen molar-refractivity contribution in [3.63, 3.8) is 0 Å². The Morgan fingerprint density at radius 1 is 1.06 bits per heavy atom. The van der Waals surface area contributed by atoms with Gasteiger partial charge in [-0.1, -0.05) is 34.1 Å². The third kappa shape index (κ3) is 6.09. The Morgan fingerprint density at radius 3 is 2.48 bits per heavy atom. The molecule has 1 unspecified atom stereocenters. The number of carbonyl (C=O) groups excluding carboxylic acids is 1. The van der Waals surface area contributed by atoms with Gasteiger partial charge >= 0.3 is 5.97 Å². The zero-order valence-electron chi connectivity index (χ0n) is 18.2. The summed E-state index contributed by atoms with van der Waals surface area (Å²) in [5.41, 5.74) is 2.15. The summed E-state index contributed by atoms with van der Waals surface area (Å²) in [7, 11) is 0. The number of fused-ring (bicyclic) bond motifs is 1. The van der Waals surface area contributed by atoms with Crippen LogP contribution in [-0.4, -0.2) is 47.6 Å². The van der Waals surface area contributed by atoms with Crippen LogP contribution in [0.5, 0.6) is 0 Å². The van der Waals surface area contributed by atoms with Crippen LogP contribution < -0.4 is 15.5 Å². The lowest BCUT2D eigenvalue weighted by Gasteiger charge is -2.33. The van der Waals surface area contributed by atoms with E-state index in [4.69, 9.17) is 0 Å². The minimum atomic E-state index is -1.03. The molecule has 1 saturated heterocycles. The van der Waals surface area contributed by atoms with Crippen molar-refractivity contribution in [1.29, 1.82) is 0 Å². The first-order valence-corrected chi connectivity index (χ1v) is 11.9. The van der Waals surface area contributed by atoms with E-state index in [0.29, 0.717) is 19.4 Å². The summed E-state index contributed by atoms with van der Waals surface area (Å²) < 4.78 is 1.03. The molecule has 1 fully saturated rings. The van der Waals surface area contributed by atoms with Gasteiger partial charge in [0, 0.05) is 54.7 Å². The predicted molar refractivity (Wildman–Crippen MR) is 132 cm³/mol. The second-order valence-electron chi connectivity index (χ2n) is 8.32. The lowest BCUT2D eigenvalue weighted by atomic mass is 9.95. The van der Waals surface area contributed by atoms with Gasteiger partial charge in [-0.15, -0.1) is 0 Å². The number of carboxylic acid groups (broad SMARTS) is 1. The molecule has 172 valence electrons. The minimum Gasteiger partial charge on any atom is -0.480 e. The van der Waals surface area contributed by atoms with Crippen molar-refractivity contribution < 1.29 is 14.7 Å². The topological polar surface area (TPSA) is 94.6 Å². The number of pyridine rings is 1. The van der Waals surface area contributed by atoms with Gasteiger partial charge in [-0.25, -0.2) is 4.79 Å². The molecule has 1 aromatic heterocycles. The van der Waals surface area contributed by atoms with Gasteiger partial charge < -0.3 is 20.6 Å². The Labute approximate surface area is 201 Å². The number of piperidine rings is 1. The number of nitrogens with zero attached hydrogens (tertiary/aromatic N) is 2. The summed E-state index contributed by atoms with van der Waals surface area (Å²) in [6.45, 7) is 2.21. The van der Waals surface area contributed by atoms with Crippen molar-refractivity contribution >= 4 is 44.3 Å². The summed E-state index contributed by atoms with van der Waals surface area (Å²) in [6, 6.07) is 15.2. The van der Waals surface area contributed by atoms with Crippen molar-refractivity contribution in [2.45, 2.75) is 25.4 Å². The number of halogens is 1. The first-order chi connectivity index (χ1) is 16.0. The van der Waals surface area contributed by atoms with Gasteiger partial charge in [-0.2, -0.15) is 0 Å². The highest BCUT2D eigenvalue weighted by Gasteiger charge is 2.28. The Bertz CT molecular complexity index is 1120. The summed E-state index contributed by atoms with van der Waals surface area (Å²) >= 11 is 3.48. The molecule has 1 aliphatic heterocycles. The van der Waals surface area contributed by atoms with Crippen molar-refractivity contribution in [3.05, 3.63) is 71.0 Å². The molecular weight excluding hydrogens is 484 g/mol. The van der Waals surface area contributed by atoms with E-state index in [1.165, 1.54) is 0 Å². The number of anilines is 1. The number of rotatable bonds is 8. The highest BCUT2D eigenvalue weighted by molar-refractivity contribution is 9.10. The third-order valence-corrected chi connectivity index (χ3v) is 6.55. The zero-order valence-corrected chi connectivity index (χ0v) is 19.8. The van der Waals surface area contributed by atoms with Crippen LogP contribution in [-0.2, 0) is 16.1 Å². The van der Waals surface area contributed by atoms with Gasteiger partial charge in [-0.3, -0.25) is 9.78 Å². The molecule has 4 rings (SSSR count). The van der Waals surface area contributed by atoms with Gasteiger partial charge in [0.1, 0.15) is 6.04 Å². The van der Waals surface area contributed by atoms with Gasteiger partial charge in [0.2, 0.25) is 5.91 Å². The predicted octanol–water partition coefficient (Wildman–Crippen LogP) is 3.57. The summed E-state index contributed by atoms with van der Waals surface area (Å²) in [4.78, 5) is 30.7. The lowest BCUT2D eigenvalue weighted by Crippen LogP contribution is -2.50. The Morgan fingerprint density at radius 2 is 1.76 bits per heavy atom. The maximum Gasteiger partial charge on any atom is 0.327 e. The second-order valence-corrected chi connectivity index (χ2v) is 9.24. The van der Waals surface area contributed by atoms with E-state index in [1.807, 2.05) is 36.4 Å². The molecular formula is C25H27BrN4O3. The van der Waals surface area contributed by atoms with Crippen LogP contribution in [0.25, 0.3) is 10.8 Å². The van der Waals surface area contributed by atoms with Gasteiger partial charge in [0.05, 0.1) is 0 Å². The smallest absolute Gasteiger partial charge is 0.327 e. The number of amides is 1. The number of aliphatic carboxylic acids is 1. The molecule has 7 nitrogen and oxygen atoms in total. The molecule has 2 heterocycles. The molecule has 0 aliphatic carbocycles. The average molecular weight is 511 g/mol. The summed E-state index contributed by atoms with van der Waals surface area (Å²) in [5, 5.41) is 17.8. The molecule has 33 heavy (non-hydrogen) atoms. The Kier molecular flexibility index (Phi) is 7.57. The second kappa shape index (κ2) is 10.8. The van der Waals surface area contributed by atoms with E-state index in [-0.39, 0.29) is 18.4 Å². The van der Waals surface area contributed by atoms with E-state index in [1.54, 1.807) is 12.4 Å². The molecule has 0 spiro atoms. The Hall–Kier alpha value is -2.97. The van der Waals surface area contributed by atoms with Gasteiger partial charge in [0.15, 0.2) is 0 Å². The summed E-state index contributed by atoms with van der Waals surface area (Å²) in [5.74, 6) is -1.40. The first kappa shape index (κ1) is 23.2. The molecule has 3 N–H and O–H groups in total. The molecule has 3 aromatic rings. The fraction of sp³-hybridized carbons (Fsp3) is 0.320. The molecule has 1 atom stereocenters. The fourth-order valence-corrected chi connectivity index (χ4v) is 4.56. The largest absolute Gasteiger partial charge is 0.480 e. The number of benzene rings is 2. The van der Waals surface area contributed by atoms with Crippen LogP contribution in [0.15, 0.2) is 65.4 Å². The van der Waals surface area contributed by atoms with E-state index < -0.39 is 12.0 Å². The van der Waals surface area contributed by atoms with Gasteiger partial charge in [0.25, 0.3) is 0 Å². The number of hydrogen-bond donors (Lipinski definition) is 3. The van der Waals surface area contributed by atoms with E-state index in [0.717, 1.165) is 39.6 Å². The van der Waals surface area contributed by atoms with E-state index in [2.05, 4.69) is 48.6 Å². The minimum absolute atomic E-state index is 0.162. The molecule has 0 saturated carbocycles. The number of aromatic nitrogens is 1. The molecule has 0 radical (unpaired) electrons. The zero-order chi connectivity index (χ0) is 23.2. The van der Waals surface area contributed by atoms with Crippen LogP contribution in [0.1, 0.15) is 18.4 Å². The Balaban J connectivity index is 1.27. The molecule has 8 heteroatoms. The maximum atomic E-state index is 12.7. The van der Waals surface area contributed by atoms with Crippen LogP contribution in [0.4, 0.5) is 5.69 Å². The van der Waals surface area contributed by atoms with Crippen molar-refractivity contribution in [1.82, 2.24) is 15.6 Å². The number of carboxylic acids is 1. The SMILES string of the molecule is O=C(NC(CNCc1ccc2cc(Br)ccc2c1)C(=O)O)C1CCN(c2ccncc2)CC1. The lowest BCUT2D eigenvalue weighted by molar-refractivity contribution is -0.142. The normalized spacial score (nSPS) is 15.4. The molecule has 1 aliphatic rings. The number of carbonyl (C=O) groups is 2. The monoisotopic (exact) mass is 510 g/mol.